The summed E-state index contributed by atoms with van der Waals surface area (Å²) in [5.74, 6) is -1.23. The maximum Gasteiger partial charge on any atom is 0.357 e. The van der Waals surface area contributed by atoms with Crippen LogP contribution >= 0.6 is 0 Å². The Morgan fingerprint density at radius 3 is 2.09 bits per heavy atom. The molecule has 178 valence electrons. The summed E-state index contributed by atoms with van der Waals surface area (Å²) in [6.45, 7) is 5.51. The molecule has 0 spiro atoms. The molecule has 1 amide bonds. The third kappa shape index (κ3) is 5.61. The molecule has 0 unspecified atom stereocenters. The maximum atomic E-state index is 12.7. The van der Waals surface area contributed by atoms with E-state index in [1.54, 1.807) is 48.5 Å². The van der Waals surface area contributed by atoms with Gasteiger partial charge in [-0.2, -0.15) is 5.10 Å². The molecular weight excluding hydrogens is 438 g/mol. The van der Waals surface area contributed by atoms with Gasteiger partial charge in [0.2, 0.25) is 0 Å². The predicted molar refractivity (Wildman–Crippen MR) is 125 cm³/mol. The van der Waals surface area contributed by atoms with Crippen LogP contribution in [-0.2, 0) is 14.3 Å². The highest BCUT2D eigenvalue weighted by atomic mass is 16.5. The Labute approximate surface area is 197 Å². The number of para-hydroxylation sites is 1. The Kier molecular flexibility index (Phi) is 7.35. The van der Waals surface area contributed by atoms with E-state index in [2.05, 4.69) is 10.4 Å². The van der Waals surface area contributed by atoms with Gasteiger partial charge in [0.1, 0.15) is 17.0 Å². The summed E-state index contributed by atoms with van der Waals surface area (Å²) in [5.41, 5.74) is 0.943. The number of hydrogen-bond acceptors (Lipinski definition) is 7. The van der Waals surface area contributed by atoms with Crippen molar-refractivity contribution in [1.82, 2.24) is 15.1 Å². The summed E-state index contributed by atoms with van der Waals surface area (Å²) in [6.07, 6.45) is 0. The quantitative estimate of drug-likeness (QED) is 0.533. The van der Waals surface area contributed by atoms with Crippen molar-refractivity contribution in [3.8, 4) is 22.7 Å². The predicted octanol–water partition coefficient (Wildman–Crippen LogP) is 3.41. The molecule has 3 aromatic rings. The van der Waals surface area contributed by atoms with Crippen LogP contribution in [0.5, 0.6) is 5.75 Å². The summed E-state index contributed by atoms with van der Waals surface area (Å²) in [4.78, 5) is 37.3. The van der Waals surface area contributed by atoms with Crippen molar-refractivity contribution in [1.29, 1.82) is 0 Å². The van der Waals surface area contributed by atoms with Crippen molar-refractivity contribution in [2.45, 2.75) is 26.3 Å². The van der Waals surface area contributed by atoms with Crippen LogP contribution in [-0.4, -0.2) is 54.0 Å². The van der Waals surface area contributed by atoms with Gasteiger partial charge in [-0.3, -0.25) is 4.79 Å². The van der Waals surface area contributed by atoms with Gasteiger partial charge >= 0.3 is 11.9 Å². The fraction of sp³-hybridized carbons (Fsp3) is 0.280. The normalized spacial score (nSPS) is 11.0. The fourth-order valence-electron chi connectivity index (χ4n) is 3.27. The van der Waals surface area contributed by atoms with Gasteiger partial charge in [-0.25, -0.2) is 14.3 Å². The highest BCUT2D eigenvalue weighted by Crippen LogP contribution is 2.30. The number of nitrogens with one attached hydrogen (secondary N) is 1. The Morgan fingerprint density at radius 2 is 1.53 bits per heavy atom. The first-order valence-corrected chi connectivity index (χ1v) is 10.5. The lowest BCUT2D eigenvalue weighted by Gasteiger charge is -2.20. The Balaban J connectivity index is 1.99. The van der Waals surface area contributed by atoms with E-state index in [-0.39, 0.29) is 35.0 Å². The lowest BCUT2D eigenvalue weighted by molar-refractivity contribution is -0.124. The van der Waals surface area contributed by atoms with Crippen molar-refractivity contribution >= 4 is 17.8 Å². The summed E-state index contributed by atoms with van der Waals surface area (Å²) in [7, 11) is 2.46. The van der Waals surface area contributed by atoms with E-state index >= 15 is 0 Å². The third-order valence-electron chi connectivity index (χ3n) is 4.67. The van der Waals surface area contributed by atoms with Crippen LogP contribution in [0.3, 0.4) is 0 Å². The number of hydrogen-bond donors (Lipinski definition) is 1. The zero-order chi connectivity index (χ0) is 24.9. The first kappa shape index (κ1) is 24.5. The van der Waals surface area contributed by atoms with E-state index in [0.717, 1.165) is 0 Å². The Hall–Kier alpha value is -4.14. The number of carbonyl (C=O) groups is 3. The van der Waals surface area contributed by atoms with Crippen LogP contribution in [0.4, 0.5) is 0 Å². The molecule has 9 nitrogen and oxygen atoms in total. The molecule has 0 bridgehead atoms. The second-order valence-corrected chi connectivity index (χ2v) is 8.41. The van der Waals surface area contributed by atoms with Crippen molar-refractivity contribution in [3.05, 3.63) is 65.9 Å². The number of ether oxygens (including phenoxy) is 3. The average Bonchev–Trinajstić information content (AvgIpc) is 3.22. The minimum Gasteiger partial charge on any atom is -0.484 e. The van der Waals surface area contributed by atoms with Gasteiger partial charge in [0.15, 0.2) is 12.3 Å². The second-order valence-electron chi connectivity index (χ2n) is 8.41. The average molecular weight is 466 g/mol. The summed E-state index contributed by atoms with van der Waals surface area (Å²) >= 11 is 0. The topological polar surface area (TPSA) is 109 Å². The fourth-order valence-corrected chi connectivity index (χ4v) is 3.27. The molecule has 2 aromatic carbocycles. The molecule has 0 saturated carbocycles. The van der Waals surface area contributed by atoms with Crippen molar-refractivity contribution in [2.75, 3.05) is 20.8 Å². The molecule has 34 heavy (non-hydrogen) atoms. The zero-order valence-corrected chi connectivity index (χ0v) is 19.7. The molecule has 9 heteroatoms. The van der Waals surface area contributed by atoms with Crippen LogP contribution in [0.2, 0.25) is 0 Å². The molecule has 0 fully saturated rings. The van der Waals surface area contributed by atoms with E-state index in [9.17, 15) is 14.4 Å². The largest absolute Gasteiger partial charge is 0.484 e. The lowest BCUT2D eigenvalue weighted by atomic mass is 10.1. The van der Waals surface area contributed by atoms with Crippen molar-refractivity contribution < 1.29 is 28.6 Å². The molecule has 0 aliphatic rings. The number of amides is 1. The maximum absolute atomic E-state index is 12.7. The minimum atomic E-state index is -0.729. The molecule has 0 atom stereocenters. The van der Waals surface area contributed by atoms with Crippen LogP contribution < -0.4 is 10.1 Å². The smallest absolute Gasteiger partial charge is 0.357 e. The van der Waals surface area contributed by atoms with Crippen LogP contribution in [0.1, 0.15) is 41.6 Å². The second kappa shape index (κ2) is 10.2. The number of carbonyl (C=O) groups excluding carboxylic acids is 3. The molecular formula is C25H27N3O6. The summed E-state index contributed by atoms with van der Waals surface area (Å²) < 4.78 is 16.8. The number of methoxy groups -OCH3 is 2. The number of benzene rings is 2. The Bertz CT molecular complexity index is 1180. The highest BCUT2D eigenvalue weighted by Gasteiger charge is 2.31. The van der Waals surface area contributed by atoms with Crippen molar-refractivity contribution in [2.24, 2.45) is 0 Å². The first-order chi connectivity index (χ1) is 16.1. The standard InChI is InChI=1S/C25H27N3O6/c1-25(2,3)26-19(29)15-34-18-13-11-16(12-14-18)21-20(23(30)32-4)22(24(31)33-5)28(27-21)17-9-7-6-8-10-17/h6-14H,15H2,1-5H3,(H,26,29). The van der Waals surface area contributed by atoms with E-state index < -0.39 is 11.9 Å². The molecule has 0 aliphatic heterocycles. The van der Waals surface area contributed by atoms with Gasteiger partial charge in [-0.15, -0.1) is 0 Å². The number of esters is 2. The van der Waals surface area contributed by atoms with Crippen molar-refractivity contribution in [3.63, 3.8) is 0 Å². The van der Waals surface area contributed by atoms with Gasteiger partial charge in [-0.05, 0) is 57.2 Å². The van der Waals surface area contributed by atoms with E-state index in [4.69, 9.17) is 14.2 Å². The van der Waals surface area contributed by atoms with Gasteiger partial charge < -0.3 is 19.5 Å². The molecule has 0 saturated heterocycles. The Morgan fingerprint density at radius 1 is 0.912 bits per heavy atom. The molecule has 1 aromatic heterocycles. The van der Waals surface area contributed by atoms with E-state index in [1.807, 2.05) is 26.8 Å². The lowest BCUT2D eigenvalue weighted by Crippen LogP contribution is -2.43. The number of nitrogens with zero attached hydrogens (tertiary/aromatic N) is 2. The summed E-state index contributed by atoms with van der Waals surface area (Å²) in [5, 5.41) is 7.36. The zero-order valence-electron chi connectivity index (χ0n) is 19.7. The molecule has 3 rings (SSSR count). The molecule has 1 heterocycles. The third-order valence-corrected chi connectivity index (χ3v) is 4.67. The van der Waals surface area contributed by atoms with E-state index in [1.165, 1.54) is 18.9 Å². The van der Waals surface area contributed by atoms with Crippen LogP contribution in [0.15, 0.2) is 54.6 Å². The SMILES string of the molecule is COC(=O)c1c(-c2ccc(OCC(=O)NC(C)(C)C)cc2)nn(-c2ccccc2)c1C(=O)OC. The minimum absolute atomic E-state index is 0.0172. The number of rotatable bonds is 7. The van der Waals surface area contributed by atoms with Crippen LogP contribution in [0, 0.1) is 0 Å². The summed E-state index contributed by atoms with van der Waals surface area (Å²) in [6, 6.07) is 15.6. The molecule has 1 N–H and O–H groups in total. The monoisotopic (exact) mass is 465 g/mol. The van der Waals surface area contributed by atoms with Gasteiger partial charge in [0, 0.05) is 11.1 Å². The van der Waals surface area contributed by atoms with E-state index in [0.29, 0.717) is 17.0 Å². The van der Waals surface area contributed by atoms with Crippen LogP contribution in [0.25, 0.3) is 16.9 Å². The molecule has 0 radical (unpaired) electrons. The van der Waals surface area contributed by atoms with Gasteiger partial charge in [0.05, 0.1) is 19.9 Å². The first-order valence-electron chi connectivity index (χ1n) is 10.5. The molecule has 0 aliphatic carbocycles. The van der Waals surface area contributed by atoms with Gasteiger partial charge in [-0.1, -0.05) is 18.2 Å². The van der Waals surface area contributed by atoms with Gasteiger partial charge in [0.25, 0.3) is 5.91 Å². The number of aromatic nitrogens is 2. The highest BCUT2D eigenvalue weighted by molar-refractivity contribution is 6.06.